The summed E-state index contributed by atoms with van der Waals surface area (Å²) in [4.78, 5) is 25.9. The molecular formula is C15H17FN2O3. The summed E-state index contributed by atoms with van der Waals surface area (Å²) in [6, 6.07) is 4.15. The summed E-state index contributed by atoms with van der Waals surface area (Å²) in [5, 5.41) is 2.54. The van der Waals surface area contributed by atoms with E-state index in [9.17, 15) is 14.0 Å². The highest BCUT2D eigenvalue weighted by Gasteiger charge is 2.46. The minimum Gasteiger partial charge on any atom is -0.444 e. The standard InChI is InChI=1S/C15H17FN2O3/c1-14(2,3)21-13(20)18-10-4-5-12(16)11(8-10)15(6-7-15)17-9-19/h4-5,8H,6-7H2,1-3H3,(H,18,20). The third-order valence-electron chi connectivity index (χ3n) is 3.10. The number of aliphatic imine (C=N–C) groups is 1. The molecule has 0 heterocycles. The summed E-state index contributed by atoms with van der Waals surface area (Å²) in [5.74, 6) is -0.457. The van der Waals surface area contributed by atoms with Gasteiger partial charge in [0.1, 0.15) is 17.0 Å². The molecule has 0 radical (unpaired) electrons. The first-order chi connectivity index (χ1) is 9.76. The number of nitrogens with one attached hydrogen (secondary N) is 1. The molecular weight excluding hydrogens is 275 g/mol. The van der Waals surface area contributed by atoms with Crippen molar-refractivity contribution in [2.75, 3.05) is 5.32 Å². The highest BCUT2D eigenvalue weighted by Crippen LogP contribution is 2.50. The average molecular weight is 292 g/mol. The number of amides is 1. The highest BCUT2D eigenvalue weighted by molar-refractivity contribution is 5.85. The highest BCUT2D eigenvalue weighted by atomic mass is 19.1. The van der Waals surface area contributed by atoms with Gasteiger partial charge in [-0.25, -0.2) is 14.0 Å². The Morgan fingerprint density at radius 2 is 2.10 bits per heavy atom. The number of benzene rings is 1. The Morgan fingerprint density at radius 1 is 1.43 bits per heavy atom. The third-order valence-corrected chi connectivity index (χ3v) is 3.10. The average Bonchev–Trinajstić information content (AvgIpc) is 3.10. The first-order valence-electron chi connectivity index (χ1n) is 6.65. The Morgan fingerprint density at radius 3 is 2.62 bits per heavy atom. The quantitative estimate of drug-likeness (QED) is 0.685. The van der Waals surface area contributed by atoms with Gasteiger partial charge in [-0.1, -0.05) is 0 Å². The van der Waals surface area contributed by atoms with Gasteiger partial charge in [0.2, 0.25) is 6.08 Å². The molecule has 1 aliphatic carbocycles. The van der Waals surface area contributed by atoms with Crippen LogP contribution < -0.4 is 5.32 Å². The molecule has 1 aromatic rings. The topological polar surface area (TPSA) is 67.8 Å². The van der Waals surface area contributed by atoms with Crippen LogP contribution in [0.15, 0.2) is 23.2 Å². The van der Waals surface area contributed by atoms with E-state index < -0.39 is 23.1 Å². The van der Waals surface area contributed by atoms with Crippen molar-refractivity contribution in [2.45, 2.75) is 44.8 Å². The van der Waals surface area contributed by atoms with E-state index in [0.717, 1.165) is 0 Å². The number of carbonyl (C=O) groups excluding carboxylic acids is 2. The van der Waals surface area contributed by atoms with Crippen molar-refractivity contribution in [2.24, 2.45) is 4.99 Å². The molecule has 0 aliphatic heterocycles. The molecule has 1 aromatic carbocycles. The molecule has 0 saturated heterocycles. The predicted octanol–water partition coefficient (Wildman–Crippen LogP) is 3.50. The largest absolute Gasteiger partial charge is 0.444 e. The van der Waals surface area contributed by atoms with Crippen molar-refractivity contribution in [3.05, 3.63) is 29.6 Å². The molecule has 1 saturated carbocycles. The minimum absolute atomic E-state index is 0.291. The molecule has 5 nitrogen and oxygen atoms in total. The Bertz CT molecular complexity index is 612. The first kappa shape index (κ1) is 15.2. The summed E-state index contributed by atoms with van der Waals surface area (Å²) in [7, 11) is 0. The monoisotopic (exact) mass is 292 g/mol. The van der Waals surface area contributed by atoms with E-state index in [0.29, 0.717) is 24.1 Å². The zero-order valence-electron chi connectivity index (χ0n) is 12.2. The van der Waals surface area contributed by atoms with E-state index in [1.54, 1.807) is 20.8 Å². The van der Waals surface area contributed by atoms with Gasteiger partial charge in [0, 0.05) is 11.3 Å². The van der Waals surface area contributed by atoms with Gasteiger partial charge in [0.15, 0.2) is 0 Å². The van der Waals surface area contributed by atoms with E-state index in [-0.39, 0.29) is 0 Å². The molecule has 1 fully saturated rings. The Kier molecular flexibility index (Phi) is 3.83. The van der Waals surface area contributed by atoms with Crippen molar-refractivity contribution in [1.29, 1.82) is 0 Å². The summed E-state index contributed by atoms with van der Waals surface area (Å²) in [6.45, 7) is 5.25. The molecule has 0 atom stereocenters. The summed E-state index contributed by atoms with van der Waals surface area (Å²) in [6.07, 6.45) is 2.05. The Hall–Kier alpha value is -2.20. The zero-order valence-corrected chi connectivity index (χ0v) is 12.2. The molecule has 21 heavy (non-hydrogen) atoms. The fraction of sp³-hybridized carbons (Fsp3) is 0.467. The van der Waals surface area contributed by atoms with Gasteiger partial charge in [-0.15, -0.1) is 0 Å². The van der Waals surface area contributed by atoms with Crippen LogP contribution in [0.1, 0.15) is 39.2 Å². The Labute approximate surface area is 122 Å². The van der Waals surface area contributed by atoms with Crippen LogP contribution in [0.25, 0.3) is 0 Å². The lowest BCUT2D eigenvalue weighted by Crippen LogP contribution is -2.27. The maximum absolute atomic E-state index is 13.9. The third kappa shape index (κ3) is 3.67. The van der Waals surface area contributed by atoms with Crippen LogP contribution in [0.4, 0.5) is 14.9 Å². The van der Waals surface area contributed by atoms with Gasteiger partial charge in [0.25, 0.3) is 0 Å². The lowest BCUT2D eigenvalue weighted by Gasteiger charge is -2.20. The second-order valence-electron chi connectivity index (χ2n) is 6.06. The minimum atomic E-state index is -0.822. The summed E-state index contributed by atoms with van der Waals surface area (Å²) >= 11 is 0. The van der Waals surface area contributed by atoms with Crippen LogP contribution in [0, 0.1) is 5.82 Å². The number of ether oxygens (including phenoxy) is 1. The summed E-state index contributed by atoms with van der Waals surface area (Å²) < 4.78 is 19.0. The van der Waals surface area contributed by atoms with Gasteiger partial charge in [-0.05, 0) is 51.8 Å². The van der Waals surface area contributed by atoms with Gasteiger partial charge in [-0.3, -0.25) is 5.32 Å². The number of halogens is 1. The second-order valence-corrected chi connectivity index (χ2v) is 6.06. The molecule has 0 aromatic heterocycles. The van der Waals surface area contributed by atoms with Crippen LogP contribution >= 0.6 is 0 Å². The molecule has 6 heteroatoms. The lowest BCUT2D eigenvalue weighted by atomic mass is 10.0. The number of hydrogen-bond donors (Lipinski definition) is 1. The predicted molar refractivity (Wildman–Crippen MR) is 75.3 cm³/mol. The first-order valence-corrected chi connectivity index (χ1v) is 6.65. The van der Waals surface area contributed by atoms with Crippen molar-refractivity contribution in [1.82, 2.24) is 0 Å². The molecule has 1 N–H and O–H groups in total. The van der Waals surface area contributed by atoms with Gasteiger partial charge in [0.05, 0.1) is 0 Å². The van der Waals surface area contributed by atoms with Crippen molar-refractivity contribution in [3.8, 4) is 0 Å². The van der Waals surface area contributed by atoms with Crippen LogP contribution in [0.5, 0.6) is 0 Å². The number of isocyanates is 1. The van der Waals surface area contributed by atoms with Gasteiger partial charge >= 0.3 is 6.09 Å². The van der Waals surface area contributed by atoms with Crippen molar-refractivity contribution >= 4 is 17.9 Å². The van der Waals surface area contributed by atoms with Crippen LogP contribution in [0.3, 0.4) is 0 Å². The fourth-order valence-corrected chi connectivity index (χ4v) is 2.03. The van der Waals surface area contributed by atoms with E-state index in [1.165, 1.54) is 24.3 Å². The molecule has 1 amide bonds. The van der Waals surface area contributed by atoms with Crippen LogP contribution in [-0.2, 0) is 15.1 Å². The molecule has 0 spiro atoms. The number of nitrogens with zero attached hydrogens (tertiary/aromatic N) is 1. The number of carbonyl (C=O) groups is 1. The van der Waals surface area contributed by atoms with E-state index in [2.05, 4.69) is 10.3 Å². The molecule has 2 rings (SSSR count). The van der Waals surface area contributed by atoms with Crippen molar-refractivity contribution < 1.29 is 18.7 Å². The van der Waals surface area contributed by atoms with Gasteiger partial charge in [-0.2, -0.15) is 4.99 Å². The van der Waals surface area contributed by atoms with Crippen molar-refractivity contribution in [3.63, 3.8) is 0 Å². The fourth-order valence-electron chi connectivity index (χ4n) is 2.03. The Balaban J connectivity index is 2.20. The van der Waals surface area contributed by atoms with E-state index in [1.807, 2.05) is 0 Å². The normalized spacial score (nSPS) is 15.8. The van der Waals surface area contributed by atoms with Gasteiger partial charge < -0.3 is 4.74 Å². The summed E-state index contributed by atoms with van der Waals surface area (Å²) in [5.41, 5.74) is -0.753. The molecule has 112 valence electrons. The molecule has 0 bridgehead atoms. The maximum Gasteiger partial charge on any atom is 0.412 e. The molecule has 0 unspecified atom stereocenters. The van der Waals surface area contributed by atoms with E-state index >= 15 is 0 Å². The number of anilines is 1. The maximum atomic E-state index is 13.9. The second kappa shape index (κ2) is 5.30. The zero-order chi connectivity index (χ0) is 15.7. The SMILES string of the molecule is CC(C)(C)OC(=O)Nc1ccc(F)c(C2(N=C=O)CC2)c1. The number of hydrogen-bond acceptors (Lipinski definition) is 4. The molecule has 1 aliphatic rings. The smallest absolute Gasteiger partial charge is 0.412 e. The number of rotatable bonds is 3. The lowest BCUT2D eigenvalue weighted by molar-refractivity contribution is 0.0636. The van der Waals surface area contributed by atoms with E-state index in [4.69, 9.17) is 4.74 Å². The van der Waals surface area contributed by atoms with Crippen LogP contribution in [0.2, 0.25) is 0 Å². The van der Waals surface area contributed by atoms with Crippen LogP contribution in [-0.4, -0.2) is 17.8 Å².